The number of nitrogens with one attached hydrogen (secondary N) is 1. The Kier molecular flexibility index (Phi) is 5.49. The van der Waals surface area contributed by atoms with E-state index in [4.69, 9.17) is 11.6 Å². The molecule has 0 heterocycles. The molecule has 94 valence electrons. The van der Waals surface area contributed by atoms with Gasteiger partial charge in [0.15, 0.2) is 0 Å². The lowest BCUT2D eigenvalue weighted by atomic mass is 10.1. The topological polar surface area (TPSA) is 29.1 Å². The van der Waals surface area contributed by atoms with E-state index in [2.05, 4.69) is 12.2 Å². The molecule has 3 heteroatoms. The molecule has 0 bridgehead atoms. The van der Waals surface area contributed by atoms with Crippen molar-refractivity contribution in [3.63, 3.8) is 0 Å². The number of aryl methyl sites for hydroxylation is 1. The number of rotatable bonds is 5. The molecule has 1 N–H and O–H groups in total. The monoisotopic (exact) mass is 253 g/mol. The third-order valence-corrected chi connectivity index (χ3v) is 3.46. The third-order valence-electron chi connectivity index (χ3n) is 2.81. The SMILES string of the molecule is CCc1ccc(C(=O)NCC(Cl)C(C)C)cc1. The lowest BCUT2D eigenvalue weighted by Crippen LogP contribution is -2.31. The van der Waals surface area contributed by atoms with Crippen molar-refractivity contribution >= 4 is 17.5 Å². The van der Waals surface area contributed by atoms with Gasteiger partial charge in [-0.2, -0.15) is 0 Å². The van der Waals surface area contributed by atoms with Crippen molar-refractivity contribution in [2.45, 2.75) is 32.6 Å². The van der Waals surface area contributed by atoms with Gasteiger partial charge in [-0.1, -0.05) is 32.9 Å². The number of hydrogen-bond acceptors (Lipinski definition) is 1. The molecule has 2 nitrogen and oxygen atoms in total. The van der Waals surface area contributed by atoms with Crippen LogP contribution in [-0.4, -0.2) is 17.8 Å². The van der Waals surface area contributed by atoms with Crippen molar-refractivity contribution in [3.8, 4) is 0 Å². The second-order valence-electron chi connectivity index (χ2n) is 4.52. The Bertz CT molecular complexity index is 359. The number of halogens is 1. The van der Waals surface area contributed by atoms with E-state index in [1.165, 1.54) is 5.56 Å². The summed E-state index contributed by atoms with van der Waals surface area (Å²) in [4.78, 5) is 11.8. The van der Waals surface area contributed by atoms with Crippen molar-refractivity contribution in [1.82, 2.24) is 5.32 Å². The first kappa shape index (κ1) is 14.0. The summed E-state index contributed by atoms with van der Waals surface area (Å²) in [7, 11) is 0. The zero-order chi connectivity index (χ0) is 12.8. The number of benzene rings is 1. The smallest absolute Gasteiger partial charge is 0.251 e. The fourth-order valence-corrected chi connectivity index (χ4v) is 1.50. The van der Waals surface area contributed by atoms with Gasteiger partial charge in [0.2, 0.25) is 0 Å². The van der Waals surface area contributed by atoms with Gasteiger partial charge in [-0.15, -0.1) is 11.6 Å². The second-order valence-corrected chi connectivity index (χ2v) is 5.08. The van der Waals surface area contributed by atoms with E-state index >= 15 is 0 Å². The minimum atomic E-state index is -0.0565. The molecular weight excluding hydrogens is 234 g/mol. The van der Waals surface area contributed by atoms with Gasteiger partial charge in [-0.05, 0) is 30.0 Å². The van der Waals surface area contributed by atoms with Crippen LogP contribution < -0.4 is 5.32 Å². The van der Waals surface area contributed by atoms with E-state index in [0.717, 1.165) is 6.42 Å². The molecule has 0 spiro atoms. The van der Waals surface area contributed by atoms with Crippen LogP contribution >= 0.6 is 11.6 Å². The minimum Gasteiger partial charge on any atom is -0.351 e. The summed E-state index contributed by atoms with van der Waals surface area (Å²) >= 11 is 6.08. The van der Waals surface area contributed by atoms with Crippen molar-refractivity contribution in [1.29, 1.82) is 0 Å². The van der Waals surface area contributed by atoms with Gasteiger partial charge < -0.3 is 5.32 Å². The van der Waals surface area contributed by atoms with Crippen molar-refractivity contribution in [2.75, 3.05) is 6.54 Å². The van der Waals surface area contributed by atoms with E-state index in [1.54, 1.807) is 0 Å². The van der Waals surface area contributed by atoms with E-state index in [-0.39, 0.29) is 11.3 Å². The van der Waals surface area contributed by atoms with Crippen molar-refractivity contribution < 1.29 is 4.79 Å². The molecule has 1 rings (SSSR count). The van der Waals surface area contributed by atoms with E-state index < -0.39 is 0 Å². The largest absolute Gasteiger partial charge is 0.351 e. The van der Waals surface area contributed by atoms with Crippen LogP contribution in [-0.2, 0) is 6.42 Å². The molecule has 0 aliphatic rings. The first-order valence-electron chi connectivity index (χ1n) is 6.05. The van der Waals surface area contributed by atoms with Crippen LogP contribution in [0.5, 0.6) is 0 Å². The van der Waals surface area contributed by atoms with Crippen molar-refractivity contribution in [3.05, 3.63) is 35.4 Å². The molecule has 1 unspecified atom stereocenters. The van der Waals surface area contributed by atoms with E-state index in [1.807, 2.05) is 38.1 Å². The van der Waals surface area contributed by atoms with E-state index in [0.29, 0.717) is 18.0 Å². The molecule has 0 radical (unpaired) electrons. The Hall–Kier alpha value is -1.02. The zero-order valence-electron chi connectivity index (χ0n) is 10.7. The normalized spacial score (nSPS) is 12.5. The fourth-order valence-electron chi connectivity index (χ4n) is 1.42. The van der Waals surface area contributed by atoms with Gasteiger partial charge in [-0.3, -0.25) is 4.79 Å². The van der Waals surface area contributed by atoms with Crippen LogP contribution in [0.4, 0.5) is 0 Å². The van der Waals surface area contributed by atoms with Gasteiger partial charge in [-0.25, -0.2) is 0 Å². The fraction of sp³-hybridized carbons (Fsp3) is 0.500. The highest BCUT2D eigenvalue weighted by Gasteiger charge is 2.11. The van der Waals surface area contributed by atoms with Gasteiger partial charge in [0.25, 0.3) is 5.91 Å². The number of carbonyl (C=O) groups is 1. The standard InChI is InChI=1S/C14H20ClNO/c1-4-11-5-7-12(8-6-11)14(17)16-9-13(15)10(2)3/h5-8,10,13H,4,9H2,1-3H3,(H,16,17). The molecule has 0 aliphatic carbocycles. The highest BCUT2D eigenvalue weighted by atomic mass is 35.5. The maximum Gasteiger partial charge on any atom is 0.251 e. The number of carbonyl (C=O) groups excluding carboxylic acids is 1. The second kappa shape index (κ2) is 6.65. The lowest BCUT2D eigenvalue weighted by Gasteiger charge is -2.14. The predicted molar refractivity (Wildman–Crippen MR) is 72.6 cm³/mol. The maximum absolute atomic E-state index is 11.8. The Morgan fingerprint density at radius 1 is 1.29 bits per heavy atom. The first-order valence-corrected chi connectivity index (χ1v) is 6.49. The summed E-state index contributed by atoms with van der Waals surface area (Å²) in [6, 6.07) is 7.67. The summed E-state index contributed by atoms with van der Waals surface area (Å²) in [5.41, 5.74) is 1.92. The highest BCUT2D eigenvalue weighted by molar-refractivity contribution is 6.21. The van der Waals surface area contributed by atoms with Gasteiger partial charge in [0.05, 0.1) is 5.38 Å². The maximum atomic E-state index is 11.8. The molecule has 0 aromatic heterocycles. The molecule has 0 saturated carbocycles. The zero-order valence-corrected chi connectivity index (χ0v) is 11.4. The molecule has 1 aromatic carbocycles. The quantitative estimate of drug-likeness (QED) is 0.802. The average Bonchev–Trinajstić information content (AvgIpc) is 2.35. The first-order chi connectivity index (χ1) is 8.04. The minimum absolute atomic E-state index is 0.0196. The van der Waals surface area contributed by atoms with Crippen LogP contribution in [0.1, 0.15) is 36.7 Å². The van der Waals surface area contributed by atoms with Crippen LogP contribution in [0.2, 0.25) is 0 Å². The number of alkyl halides is 1. The summed E-state index contributed by atoms with van der Waals surface area (Å²) < 4.78 is 0. The molecule has 17 heavy (non-hydrogen) atoms. The summed E-state index contributed by atoms with van der Waals surface area (Å²) in [6.07, 6.45) is 0.985. The van der Waals surface area contributed by atoms with Gasteiger partial charge >= 0.3 is 0 Å². The van der Waals surface area contributed by atoms with Crippen LogP contribution in [0.15, 0.2) is 24.3 Å². The lowest BCUT2D eigenvalue weighted by molar-refractivity contribution is 0.0952. The van der Waals surface area contributed by atoms with Gasteiger partial charge in [0, 0.05) is 12.1 Å². The predicted octanol–water partition coefficient (Wildman–Crippen LogP) is 3.24. The molecule has 1 atom stereocenters. The summed E-state index contributed by atoms with van der Waals surface area (Å²) in [5, 5.41) is 2.83. The van der Waals surface area contributed by atoms with Crippen LogP contribution in [0, 0.1) is 5.92 Å². The van der Waals surface area contributed by atoms with Crippen molar-refractivity contribution in [2.24, 2.45) is 5.92 Å². The number of hydrogen-bond donors (Lipinski definition) is 1. The highest BCUT2D eigenvalue weighted by Crippen LogP contribution is 2.09. The molecule has 0 aliphatic heterocycles. The average molecular weight is 254 g/mol. The number of amides is 1. The Morgan fingerprint density at radius 3 is 2.35 bits per heavy atom. The van der Waals surface area contributed by atoms with Crippen LogP contribution in [0.25, 0.3) is 0 Å². The molecular formula is C14H20ClNO. The summed E-state index contributed by atoms with van der Waals surface area (Å²) in [6.45, 7) is 6.68. The molecule has 1 aromatic rings. The van der Waals surface area contributed by atoms with Crippen LogP contribution in [0.3, 0.4) is 0 Å². The molecule has 0 fully saturated rings. The molecule has 0 saturated heterocycles. The van der Waals surface area contributed by atoms with Gasteiger partial charge in [0.1, 0.15) is 0 Å². The molecule has 1 amide bonds. The third kappa shape index (κ3) is 4.39. The Morgan fingerprint density at radius 2 is 1.88 bits per heavy atom. The van der Waals surface area contributed by atoms with E-state index in [9.17, 15) is 4.79 Å². The Labute approximate surface area is 108 Å². The summed E-state index contributed by atoms with van der Waals surface area (Å²) in [5.74, 6) is 0.304. The Balaban J connectivity index is 2.52.